The molecule has 0 aromatic heterocycles. The Bertz CT molecular complexity index is 583. The van der Waals surface area contributed by atoms with E-state index in [9.17, 15) is 0 Å². The van der Waals surface area contributed by atoms with Gasteiger partial charge in [-0.1, -0.05) is 35.9 Å². The van der Waals surface area contributed by atoms with Crippen LogP contribution < -0.4 is 14.8 Å². The van der Waals surface area contributed by atoms with E-state index in [4.69, 9.17) is 9.47 Å². The minimum absolute atomic E-state index is 0.235. The van der Waals surface area contributed by atoms with Crippen LogP contribution in [0.2, 0.25) is 0 Å². The Hall–Kier alpha value is -2.00. The molecule has 1 aliphatic rings. The van der Waals surface area contributed by atoms with Gasteiger partial charge in [-0.3, -0.25) is 0 Å². The summed E-state index contributed by atoms with van der Waals surface area (Å²) in [6.45, 7) is 4.46. The number of para-hydroxylation sites is 1. The van der Waals surface area contributed by atoms with Crippen molar-refractivity contribution in [3.63, 3.8) is 0 Å². The van der Waals surface area contributed by atoms with Crippen molar-refractivity contribution in [2.24, 2.45) is 0 Å². The summed E-state index contributed by atoms with van der Waals surface area (Å²) < 4.78 is 11.6. The van der Waals surface area contributed by atoms with Crippen molar-refractivity contribution in [1.82, 2.24) is 5.32 Å². The van der Waals surface area contributed by atoms with Crippen LogP contribution >= 0.6 is 0 Å². The highest BCUT2D eigenvalue weighted by molar-refractivity contribution is 5.40. The average Bonchev–Trinajstić information content (AvgIpc) is 2.90. The van der Waals surface area contributed by atoms with Crippen LogP contribution in [0.25, 0.3) is 0 Å². The molecule has 0 spiro atoms. The lowest BCUT2D eigenvalue weighted by atomic mass is 10.1. The van der Waals surface area contributed by atoms with Crippen LogP contribution in [0.3, 0.4) is 0 Å². The number of rotatable bonds is 6. The van der Waals surface area contributed by atoms with Crippen molar-refractivity contribution < 1.29 is 9.47 Å². The Labute approximate surface area is 125 Å². The molecule has 21 heavy (non-hydrogen) atoms. The molecule has 1 aliphatic heterocycles. The maximum Gasteiger partial charge on any atom is 0.123 e. The van der Waals surface area contributed by atoms with Gasteiger partial charge >= 0.3 is 0 Å². The van der Waals surface area contributed by atoms with Gasteiger partial charge < -0.3 is 14.8 Å². The number of hydrogen-bond acceptors (Lipinski definition) is 3. The van der Waals surface area contributed by atoms with Gasteiger partial charge in [0.1, 0.15) is 24.2 Å². The number of nitrogens with one attached hydrogen (secondary N) is 1. The molecular weight excluding hydrogens is 262 g/mol. The van der Waals surface area contributed by atoms with Gasteiger partial charge in [-0.05, 0) is 30.7 Å². The predicted octanol–water partition coefficient (Wildman–Crippen LogP) is 2.97. The standard InChI is InChI=1S/C18H21NO2/c1-14-7-8-18-15(11-14)12-17(21-18)13-19-9-10-20-16-5-3-2-4-6-16/h2-8,11,17,19H,9-10,12-13H2,1H3. The molecular formula is C18H21NO2. The molecule has 1 unspecified atom stereocenters. The maximum absolute atomic E-state index is 5.92. The average molecular weight is 283 g/mol. The number of ether oxygens (including phenoxy) is 2. The molecule has 0 radical (unpaired) electrons. The van der Waals surface area contributed by atoms with Crippen LogP contribution in [0.15, 0.2) is 48.5 Å². The maximum atomic E-state index is 5.92. The van der Waals surface area contributed by atoms with Gasteiger partial charge in [0, 0.05) is 19.5 Å². The normalized spacial score (nSPS) is 16.3. The Balaban J connectivity index is 1.36. The van der Waals surface area contributed by atoms with Crippen molar-refractivity contribution in [3.8, 4) is 11.5 Å². The molecule has 3 rings (SSSR count). The summed E-state index contributed by atoms with van der Waals surface area (Å²) in [6.07, 6.45) is 1.22. The van der Waals surface area contributed by atoms with E-state index in [0.717, 1.165) is 31.0 Å². The van der Waals surface area contributed by atoms with E-state index >= 15 is 0 Å². The molecule has 0 saturated heterocycles. The minimum Gasteiger partial charge on any atom is -0.492 e. The van der Waals surface area contributed by atoms with Crippen molar-refractivity contribution >= 4 is 0 Å². The summed E-state index contributed by atoms with van der Waals surface area (Å²) in [6, 6.07) is 16.3. The van der Waals surface area contributed by atoms with Gasteiger partial charge in [0.15, 0.2) is 0 Å². The second-order valence-electron chi connectivity index (χ2n) is 5.42. The van der Waals surface area contributed by atoms with E-state index in [1.165, 1.54) is 11.1 Å². The molecule has 0 saturated carbocycles. The summed E-state index contributed by atoms with van der Waals surface area (Å²) in [4.78, 5) is 0. The third-order valence-corrected chi connectivity index (χ3v) is 3.62. The van der Waals surface area contributed by atoms with Crippen LogP contribution in [-0.4, -0.2) is 25.8 Å². The van der Waals surface area contributed by atoms with Crippen LogP contribution in [0.5, 0.6) is 11.5 Å². The van der Waals surface area contributed by atoms with Gasteiger partial charge in [-0.25, -0.2) is 0 Å². The van der Waals surface area contributed by atoms with Gasteiger partial charge in [-0.15, -0.1) is 0 Å². The first-order valence-electron chi connectivity index (χ1n) is 7.46. The number of fused-ring (bicyclic) bond motifs is 1. The second-order valence-corrected chi connectivity index (χ2v) is 5.42. The molecule has 0 bridgehead atoms. The van der Waals surface area contributed by atoms with E-state index in [1.807, 2.05) is 30.3 Å². The molecule has 1 atom stereocenters. The van der Waals surface area contributed by atoms with Crippen LogP contribution in [0, 0.1) is 6.92 Å². The van der Waals surface area contributed by atoms with Crippen LogP contribution in [0.4, 0.5) is 0 Å². The fraction of sp³-hybridized carbons (Fsp3) is 0.333. The molecule has 3 nitrogen and oxygen atoms in total. The fourth-order valence-corrected chi connectivity index (χ4v) is 2.58. The Morgan fingerprint density at radius 3 is 2.90 bits per heavy atom. The SMILES string of the molecule is Cc1ccc2c(c1)CC(CNCCOc1ccccc1)O2. The Morgan fingerprint density at radius 1 is 1.19 bits per heavy atom. The lowest BCUT2D eigenvalue weighted by Crippen LogP contribution is -2.32. The molecule has 0 fully saturated rings. The van der Waals surface area contributed by atoms with Gasteiger partial charge in [0.2, 0.25) is 0 Å². The first-order valence-corrected chi connectivity index (χ1v) is 7.46. The zero-order valence-corrected chi connectivity index (χ0v) is 12.3. The first kappa shape index (κ1) is 14.0. The highest BCUT2D eigenvalue weighted by atomic mass is 16.5. The summed E-state index contributed by atoms with van der Waals surface area (Å²) in [5, 5.41) is 3.40. The van der Waals surface area contributed by atoms with E-state index in [0.29, 0.717) is 6.61 Å². The molecule has 0 amide bonds. The number of hydrogen-bond donors (Lipinski definition) is 1. The van der Waals surface area contributed by atoms with Gasteiger partial charge in [-0.2, -0.15) is 0 Å². The molecule has 0 aliphatic carbocycles. The number of aryl methyl sites for hydroxylation is 1. The highest BCUT2D eigenvalue weighted by Gasteiger charge is 2.22. The third kappa shape index (κ3) is 3.76. The summed E-state index contributed by atoms with van der Waals surface area (Å²) in [5.41, 5.74) is 2.62. The largest absolute Gasteiger partial charge is 0.492 e. The van der Waals surface area contributed by atoms with Crippen molar-refractivity contribution in [1.29, 1.82) is 0 Å². The summed E-state index contributed by atoms with van der Waals surface area (Å²) >= 11 is 0. The minimum atomic E-state index is 0.235. The number of benzene rings is 2. The van der Waals surface area contributed by atoms with E-state index in [-0.39, 0.29) is 6.10 Å². The van der Waals surface area contributed by atoms with E-state index in [2.05, 4.69) is 30.4 Å². The van der Waals surface area contributed by atoms with Gasteiger partial charge in [0.05, 0.1) is 0 Å². The molecule has 2 aromatic carbocycles. The zero-order valence-electron chi connectivity index (χ0n) is 12.3. The van der Waals surface area contributed by atoms with Crippen LogP contribution in [-0.2, 0) is 6.42 Å². The lowest BCUT2D eigenvalue weighted by molar-refractivity contribution is 0.222. The lowest BCUT2D eigenvalue weighted by Gasteiger charge is -2.12. The van der Waals surface area contributed by atoms with Gasteiger partial charge in [0.25, 0.3) is 0 Å². The molecule has 2 aromatic rings. The molecule has 1 N–H and O–H groups in total. The van der Waals surface area contributed by atoms with Crippen molar-refractivity contribution in [3.05, 3.63) is 59.7 Å². The monoisotopic (exact) mass is 283 g/mol. The Kier molecular flexibility index (Phi) is 4.41. The van der Waals surface area contributed by atoms with E-state index < -0.39 is 0 Å². The quantitative estimate of drug-likeness (QED) is 0.827. The summed E-state index contributed by atoms with van der Waals surface area (Å²) in [5.74, 6) is 1.95. The molecule has 110 valence electrons. The summed E-state index contributed by atoms with van der Waals surface area (Å²) in [7, 11) is 0. The molecule has 1 heterocycles. The van der Waals surface area contributed by atoms with Crippen molar-refractivity contribution in [2.45, 2.75) is 19.4 Å². The first-order chi connectivity index (χ1) is 10.3. The van der Waals surface area contributed by atoms with E-state index in [1.54, 1.807) is 0 Å². The van der Waals surface area contributed by atoms with Crippen molar-refractivity contribution in [2.75, 3.05) is 19.7 Å². The topological polar surface area (TPSA) is 30.5 Å². The predicted molar refractivity (Wildman–Crippen MR) is 84.1 cm³/mol. The molecule has 3 heteroatoms. The Morgan fingerprint density at radius 2 is 2.05 bits per heavy atom. The van der Waals surface area contributed by atoms with Crippen LogP contribution in [0.1, 0.15) is 11.1 Å². The smallest absolute Gasteiger partial charge is 0.123 e. The fourth-order valence-electron chi connectivity index (χ4n) is 2.58. The second kappa shape index (κ2) is 6.64. The third-order valence-electron chi connectivity index (χ3n) is 3.62. The highest BCUT2D eigenvalue weighted by Crippen LogP contribution is 2.29. The zero-order chi connectivity index (χ0) is 14.5.